The van der Waals surface area contributed by atoms with Gasteiger partial charge < -0.3 is 9.84 Å². The Bertz CT molecular complexity index is 1070. The van der Waals surface area contributed by atoms with Crippen LogP contribution in [0.4, 0.5) is 5.00 Å². The summed E-state index contributed by atoms with van der Waals surface area (Å²) in [7, 11) is 0. The zero-order valence-electron chi connectivity index (χ0n) is 17.1. The van der Waals surface area contributed by atoms with Crippen LogP contribution in [0, 0.1) is 0 Å². The third-order valence-corrected chi connectivity index (χ3v) is 6.50. The van der Waals surface area contributed by atoms with Gasteiger partial charge in [-0.25, -0.2) is 9.79 Å². The van der Waals surface area contributed by atoms with E-state index in [1.807, 2.05) is 37.3 Å². The van der Waals surface area contributed by atoms with Gasteiger partial charge in [-0.05, 0) is 67.9 Å². The number of benzene rings is 2. The van der Waals surface area contributed by atoms with Gasteiger partial charge in [0.15, 0.2) is 0 Å². The first-order valence-corrected chi connectivity index (χ1v) is 11.2. The molecule has 5 heteroatoms. The predicted octanol–water partition coefficient (Wildman–Crippen LogP) is 5.85. The highest BCUT2D eigenvalue weighted by molar-refractivity contribution is 7.16. The Morgan fingerprint density at radius 2 is 1.93 bits per heavy atom. The quantitative estimate of drug-likeness (QED) is 0.403. The Morgan fingerprint density at radius 1 is 1.13 bits per heavy atom. The Labute approximate surface area is 180 Å². The van der Waals surface area contributed by atoms with Crippen molar-refractivity contribution < 1.29 is 14.6 Å². The van der Waals surface area contributed by atoms with E-state index < -0.39 is 0 Å². The average Bonchev–Trinajstić information content (AvgIpc) is 3.13. The van der Waals surface area contributed by atoms with Gasteiger partial charge >= 0.3 is 5.97 Å². The van der Waals surface area contributed by atoms with Crippen molar-refractivity contribution >= 4 is 28.5 Å². The molecule has 154 valence electrons. The molecule has 0 aliphatic heterocycles. The molecular formula is C25H25NO3S. The van der Waals surface area contributed by atoms with E-state index in [4.69, 9.17) is 4.74 Å². The number of esters is 1. The maximum absolute atomic E-state index is 12.6. The molecule has 0 saturated heterocycles. The number of aliphatic imine (C=N–C) groups is 1. The first kappa shape index (κ1) is 20.4. The molecule has 1 aliphatic carbocycles. The van der Waals surface area contributed by atoms with Crippen molar-refractivity contribution in [2.75, 3.05) is 6.61 Å². The second kappa shape index (κ2) is 9.26. The lowest BCUT2D eigenvalue weighted by atomic mass is 9.95. The summed E-state index contributed by atoms with van der Waals surface area (Å²) in [6.45, 7) is 2.16. The van der Waals surface area contributed by atoms with Gasteiger partial charge in [0, 0.05) is 16.7 Å². The monoisotopic (exact) mass is 419 g/mol. The number of phenols is 1. The Balaban J connectivity index is 1.64. The fourth-order valence-corrected chi connectivity index (χ4v) is 5.05. The normalized spacial score (nSPS) is 13.4. The summed E-state index contributed by atoms with van der Waals surface area (Å²) in [6.07, 6.45) is 6.54. The summed E-state index contributed by atoms with van der Waals surface area (Å²) in [5.74, 6) is -0.124. The minimum Gasteiger partial charge on any atom is -0.507 e. The molecule has 0 bridgehead atoms. The maximum Gasteiger partial charge on any atom is 0.341 e. The van der Waals surface area contributed by atoms with E-state index in [1.165, 1.54) is 10.4 Å². The standard InChI is InChI=1S/C25H25NO3S/c1-2-29-25(28)23-20-10-6-7-11-22(20)30-24(23)26-16-19-15-18(12-13-21(19)27)14-17-8-4-3-5-9-17/h3-5,8-9,12-13,15-16,27H,2,6-7,10-11,14H2,1H3. The van der Waals surface area contributed by atoms with E-state index in [1.54, 1.807) is 23.6 Å². The van der Waals surface area contributed by atoms with E-state index >= 15 is 0 Å². The molecule has 1 N–H and O–H groups in total. The number of hydrogen-bond acceptors (Lipinski definition) is 5. The highest BCUT2D eigenvalue weighted by atomic mass is 32.1. The van der Waals surface area contributed by atoms with Crippen molar-refractivity contribution in [3.05, 3.63) is 81.2 Å². The fourth-order valence-electron chi connectivity index (χ4n) is 3.83. The Morgan fingerprint density at radius 3 is 2.73 bits per heavy atom. The van der Waals surface area contributed by atoms with Crippen molar-refractivity contribution in [3.63, 3.8) is 0 Å². The Hall–Kier alpha value is -2.92. The number of carbonyl (C=O) groups is 1. The van der Waals surface area contributed by atoms with Crippen LogP contribution in [0.5, 0.6) is 5.75 Å². The second-order valence-electron chi connectivity index (χ2n) is 7.43. The highest BCUT2D eigenvalue weighted by Gasteiger charge is 2.26. The summed E-state index contributed by atoms with van der Waals surface area (Å²) >= 11 is 1.57. The van der Waals surface area contributed by atoms with E-state index in [-0.39, 0.29) is 11.7 Å². The minimum absolute atomic E-state index is 0.176. The van der Waals surface area contributed by atoms with Gasteiger partial charge in [-0.2, -0.15) is 0 Å². The lowest BCUT2D eigenvalue weighted by Crippen LogP contribution is -2.09. The first-order chi connectivity index (χ1) is 14.7. The van der Waals surface area contributed by atoms with Crippen LogP contribution in [-0.2, 0) is 24.0 Å². The molecule has 4 rings (SSSR count). The van der Waals surface area contributed by atoms with Crippen LogP contribution < -0.4 is 0 Å². The van der Waals surface area contributed by atoms with Crippen molar-refractivity contribution in [1.29, 1.82) is 0 Å². The van der Waals surface area contributed by atoms with Crippen LogP contribution in [-0.4, -0.2) is 23.9 Å². The van der Waals surface area contributed by atoms with E-state index in [9.17, 15) is 9.90 Å². The molecule has 2 aromatic carbocycles. The Kier molecular flexibility index (Phi) is 6.29. The lowest BCUT2D eigenvalue weighted by molar-refractivity contribution is 0.0526. The predicted molar refractivity (Wildman–Crippen MR) is 122 cm³/mol. The average molecular weight is 420 g/mol. The molecule has 0 unspecified atom stereocenters. The summed E-state index contributed by atoms with van der Waals surface area (Å²) in [5.41, 5.74) is 4.65. The third kappa shape index (κ3) is 4.46. The van der Waals surface area contributed by atoms with E-state index in [2.05, 4.69) is 17.1 Å². The molecular weight excluding hydrogens is 394 g/mol. The number of ether oxygens (including phenoxy) is 1. The number of rotatable bonds is 6. The minimum atomic E-state index is -0.300. The lowest BCUT2D eigenvalue weighted by Gasteiger charge is -2.11. The molecule has 3 aromatic rings. The number of nitrogens with zero attached hydrogens (tertiary/aromatic N) is 1. The number of hydrogen-bond donors (Lipinski definition) is 1. The molecule has 0 fully saturated rings. The fraction of sp³-hybridized carbons (Fsp3) is 0.280. The van der Waals surface area contributed by atoms with Crippen LogP contribution >= 0.6 is 11.3 Å². The summed E-state index contributed by atoms with van der Waals surface area (Å²) in [6, 6.07) is 15.8. The van der Waals surface area contributed by atoms with Crippen LogP contribution in [0.3, 0.4) is 0 Å². The van der Waals surface area contributed by atoms with Crippen molar-refractivity contribution in [2.24, 2.45) is 4.99 Å². The van der Waals surface area contributed by atoms with Crippen molar-refractivity contribution in [3.8, 4) is 5.75 Å². The van der Waals surface area contributed by atoms with Crippen molar-refractivity contribution in [1.82, 2.24) is 0 Å². The molecule has 4 nitrogen and oxygen atoms in total. The third-order valence-electron chi connectivity index (χ3n) is 5.30. The summed E-state index contributed by atoms with van der Waals surface area (Å²) in [4.78, 5) is 18.5. The van der Waals surface area contributed by atoms with Crippen LogP contribution in [0.2, 0.25) is 0 Å². The largest absolute Gasteiger partial charge is 0.507 e. The molecule has 1 aromatic heterocycles. The molecule has 30 heavy (non-hydrogen) atoms. The molecule has 0 saturated carbocycles. The van der Waals surface area contributed by atoms with Crippen molar-refractivity contribution in [2.45, 2.75) is 39.0 Å². The van der Waals surface area contributed by atoms with Gasteiger partial charge in [-0.1, -0.05) is 36.4 Å². The number of aromatic hydroxyl groups is 1. The number of phenolic OH excluding ortho intramolecular Hbond substituents is 1. The van der Waals surface area contributed by atoms with Crippen LogP contribution in [0.25, 0.3) is 0 Å². The smallest absolute Gasteiger partial charge is 0.341 e. The summed E-state index contributed by atoms with van der Waals surface area (Å²) in [5, 5.41) is 11.0. The maximum atomic E-state index is 12.6. The van der Waals surface area contributed by atoms with Gasteiger partial charge in [0.25, 0.3) is 0 Å². The highest BCUT2D eigenvalue weighted by Crippen LogP contribution is 2.40. The molecule has 0 amide bonds. The second-order valence-corrected chi connectivity index (χ2v) is 8.51. The SMILES string of the molecule is CCOC(=O)c1c(N=Cc2cc(Cc3ccccc3)ccc2O)sc2c1CCCC2. The molecule has 0 atom stereocenters. The summed E-state index contributed by atoms with van der Waals surface area (Å²) < 4.78 is 5.30. The zero-order valence-corrected chi connectivity index (χ0v) is 17.9. The molecule has 1 aliphatic rings. The van der Waals surface area contributed by atoms with Crippen LogP contribution in [0.15, 0.2) is 53.5 Å². The molecule has 1 heterocycles. The van der Waals surface area contributed by atoms with Crippen LogP contribution in [0.1, 0.15) is 57.3 Å². The number of carbonyl (C=O) groups excluding carboxylic acids is 1. The van der Waals surface area contributed by atoms with E-state index in [0.717, 1.165) is 43.2 Å². The zero-order chi connectivity index (χ0) is 20.9. The first-order valence-electron chi connectivity index (χ1n) is 10.4. The van der Waals surface area contributed by atoms with Gasteiger partial charge in [0.05, 0.1) is 12.2 Å². The topological polar surface area (TPSA) is 58.9 Å². The van der Waals surface area contributed by atoms with Gasteiger partial charge in [0.2, 0.25) is 0 Å². The number of thiophene rings is 1. The number of fused-ring (bicyclic) bond motifs is 1. The molecule has 0 spiro atoms. The molecule has 0 radical (unpaired) electrons. The van der Waals surface area contributed by atoms with E-state index in [0.29, 0.717) is 22.7 Å². The van der Waals surface area contributed by atoms with Gasteiger partial charge in [0.1, 0.15) is 10.8 Å². The van der Waals surface area contributed by atoms with Gasteiger partial charge in [-0.15, -0.1) is 11.3 Å². The van der Waals surface area contributed by atoms with Gasteiger partial charge in [-0.3, -0.25) is 0 Å². The number of aryl methyl sites for hydroxylation is 1.